The van der Waals surface area contributed by atoms with Crippen molar-refractivity contribution >= 4 is 17.8 Å². The van der Waals surface area contributed by atoms with Crippen LogP contribution in [-0.4, -0.2) is 46.4 Å². The number of carboxylic acids is 1. The molecule has 2 N–H and O–H groups in total. The molecule has 0 saturated carbocycles. The molecule has 2 amide bonds. The minimum atomic E-state index is -1.43. The van der Waals surface area contributed by atoms with Crippen LogP contribution in [0.15, 0.2) is 109 Å². The second-order valence-corrected chi connectivity index (χ2v) is 10.6. The van der Waals surface area contributed by atoms with Crippen molar-refractivity contribution in [3.05, 3.63) is 131 Å². The van der Waals surface area contributed by atoms with Gasteiger partial charge in [-0.1, -0.05) is 72.8 Å². The first-order valence-corrected chi connectivity index (χ1v) is 14.3. The summed E-state index contributed by atoms with van der Waals surface area (Å²) in [6.07, 6.45) is 0.268. The molecule has 0 atom stereocenters. The number of rotatable bonds is 11. The molecule has 0 aromatic heterocycles. The van der Waals surface area contributed by atoms with Gasteiger partial charge in [-0.3, -0.25) is 9.59 Å². The number of carboxylic acid groups (broad SMARTS) is 1. The average Bonchev–Trinajstić information content (AvgIpc) is 3.04. The number of likely N-dealkylation sites (tertiary alicyclic amines) is 1. The molecule has 220 valence electrons. The van der Waals surface area contributed by atoms with Crippen LogP contribution in [0.5, 0.6) is 11.5 Å². The lowest BCUT2D eigenvalue weighted by atomic mass is 9.86. The van der Waals surface area contributed by atoms with Gasteiger partial charge in [-0.05, 0) is 65.9 Å². The molecule has 1 saturated heterocycles. The number of ether oxygens (including phenoxy) is 2. The Bertz CT molecular complexity index is 1510. The third-order valence-corrected chi connectivity index (χ3v) is 7.58. The second-order valence-electron chi connectivity index (χ2n) is 10.6. The average molecular weight is 579 g/mol. The summed E-state index contributed by atoms with van der Waals surface area (Å²) in [7, 11) is 0. The first-order valence-electron chi connectivity index (χ1n) is 14.3. The molecule has 1 aliphatic rings. The molecule has 43 heavy (non-hydrogen) atoms. The van der Waals surface area contributed by atoms with Gasteiger partial charge in [0.1, 0.15) is 30.3 Å². The Morgan fingerprint density at radius 2 is 1.16 bits per heavy atom. The molecule has 0 radical (unpaired) electrons. The monoisotopic (exact) mass is 578 g/mol. The summed E-state index contributed by atoms with van der Waals surface area (Å²) in [5.41, 5.74) is 1.91. The highest BCUT2D eigenvalue weighted by atomic mass is 16.5. The maximum atomic E-state index is 13.1. The van der Waals surface area contributed by atoms with Gasteiger partial charge in [-0.15, -0.1) is 0 Å². The molecular formula is C35H34N2O6. The third kappa shape index (κ3) is 7.80. The van der Waals surface area contributed by atoms with Crippen molar-refractivity contribution < 1.29 is 29.0 Å². The zero-order valence-corrected chi connectivity index (χ0v) is 23.8. The molecule has 8 heteroatoms. The van der Waals surface area contributed by atoms with Crippen LogP contribution in [0.2, 0.25) is 0 Å². The molecule has 0 unspecified atom stereocenters. The Morgan fingerprint density at radius 1 is 0.674 bits per heavy atom. The number of hydrogen-bond acceptors (Lipinski definition) is 5. The SMILES string of the molecule is O=C(Cc1ccc(OCc2ccccc2)cc1)NC1(C(=O)O)CCN(C(=O)c2ccc(OCc3ccccc3)cc2)CC1. The van der Waals surface area contributed by atoms with Crippen LogP contribution >= 0.6 is 0 Å². The van der Waals surface area contributed by atoms with Crippen molar-refractivity contribution in [3.8, 4) is 11.5 Å². The number of benzene rings is 4. The van der Waals surface area contributed by atoms with Crippen LogP contribution in [0, 0.1) is 0 Å². The number of hydrogen-bond donors (Lipinski definition) is 2. The summed E-state index contributed by atoms with van der Waals surface area (Å²) in [6.45, 7) is 1.30. The maximum Gasteiger partial charge on any atom is 0.329 e. The highest BCUT2D eigenvalue weighted by molar-refractivity contribution is 5.95. The van der Waals surface area contributed by atoms with E-state index in [9.17, 15) is 19.5 Å². The van der Waals surface area contributed by atoms with Gasteiger partial charge in [0.2, 0.25) is 5.91 Å². The largest absolute Gasteiger partial charge is 0.489 e. The van der Waals surface area contributed by atoms with Crippen molar-refractivity contribution in [2.24, 2.45) is 0 Å². The molecule has 0 aliphatic carbocycles. The quantitative estimate of drug-likeness (QED) is 0.252. The molecule has 4 aromatic rings. The van der Waals surface area contributed by atoms with Crippen LogP contribution < -0.4 is 14.8 Å². The van der Waals surface area contributed by atoms with E-state index < -0.39 is 11.5 Å². The number of aliphatic carboxylic acids is 1. The van der Waals surface area contributed by atoms with Crippen molar-refractivity contribution in [1.29, 1.82) is 0 Å². The zero-order chi connectivity index (χ0) is 30.1. The lowest BCUT2D eigenvalue weighted by Gasteiger charge is -2.39. The Balaban J connectivity index is 1.11. The summed E-state index contributed by atoms with van der Waals surface area (Å²) in [4.78, 5) is 40.0. The molecular weight excluding hydrogens is 544 g/mol. The molecule has 0 bridgehead atoms. The predicted octanol–water partition coefficient (Wildman–Crippen LogP) is 5.26. The van der Waals surface area contributed by atoms with Gasteiger partial charge in [-0.2, -0.15) is 0 Å². The number of nitrogens with one attached hydrogen (secondary N) is 1. The maximum absolute atomic E-state index is 13.1. The minimum Gasteiger partial charge on any atom is -0.489 e. The molecule has 1 heterocycles. The second kappa shape index (κ2) is 13.7. The zero-order valence-electron chi connectivity index (χ0n) is 23.8. The standard InChI is InChI=1S/C35H34N2O6/c38-32(23-26-11-15-30(16-12-26)42-24-27-7-3-1-4-8-27)36-35(34(40)41)19-21-37(22-20-35)33(39)29-13-17-31(18-14-29)43-25-28-9-5-2-6-10-28/h1-18H,19-25H2,(H,36,38)(H,40,41). The normalized spacial score (nSPS) is 14.0. The number of nitrogens with zero attached hydrogens (tertiary/aromatic N) is 1. The highest BCUT2D eigenvalue weighted by Crippen LogP contribution is 2.25. The number of carbonyl (C=O) groups excluding carboxylic acids is 2. The van der Waals surface area contributed by atoms with E-state index in [1.807, 2.05) is 60.7 Å². The summed E-state index contributed by atoms with van der Waals surface area (Å²) in [6, 6.07) is 33.7. The first-order chi connectivity index (χ1) is 20.9. The van der Waals surface area contributed by atoms with E-state index in [4.69, 9.17) is 9.47 Å². The molecule has 1 aliphatic heterocycles. The smallest absolute Gasteiger partial charge is 0.329 e. The lowest BCUT2D eigenvalue weighted by Crippen LogP contribution is -2.60. The fraction of sp³-hybridized carbons (Fsp3) is 0.229. The van der Waals surface area contributed by atoms with Gasteiger partial charge in [0.15, 0.2) is 0 Å². The fourth-order valence-electron chi connectivity index (χ4n) is 5.04. The molecule has 5 rings (SSSR count). The van der Waals surface area contributed by atoms with Gasteiger partial charge in [0, 0.05) is 18.7 Å². The Labute approximate surface area is 250 Å². The van der Waals surface area contributed by atoms with E-state index in [2.05, 4.69) is 5.32 Å². The number of piperidine rings is 1. The van der Waals surface area contributed by atoms with E-state index in [1.54, 1.807) is 53.4 Å². The minimum absolute atomic E-state index is 0.0370. The Hall–Kier alpha value is -5.11. The van der Waals surface area contributed by atoms with Gasteiger partial charge >= 0.3 is 5.97 Å². The predicted molar refractivity (Wildman–Crippen MR) is 162 cm³/mol. The van der Waals surface area contributed by atoms with Crippen molar-refractivity contribution in [3.63, 3.8) is 0 Å². The lowest BCUT2D eigenvalue weighted by molar-refractivity contribution is -0.149. The van der Waals surface area contributed by atoms with Crippen molar-refractivity contribution in [1.82, 2.24) is 10.2 Å². The summed E-state index contributed by atoms with van der Waals surface area (Å²) in [5.74, 6) is -0.333. The first kappa shape index (κ1) is 29.4. The number of carbonyl (C=O) groups is 3. The molecule has 1 fully saturated rings. The van der Waals surface area contributed by atoms with Gasteiger partial charge < -0.3 is 24.8 Å². The Kier molecular flexibility index (Phi) is 9.36. The van der Waals surface area contributed by atoms with E-state index in [0.717, 1.165) is 16.7 Å². The Morgan fingerprint density at radius 3 is 1.65 bits per heavy atom. The van der Waals surface area contributed by atoms with Crippen LogP contribution in [0.1, 0.15) is 39.9 Å². The summed E-state index contributed by atoms with van der Waals surface area (Å²) >= 11 is 0. The van der Waals surface area contributed by atoms with E-state index >= 15 is 0 Å². The fourth-order valence-corrected chi connectivity index (χ4v) is 5.04. The van der Waals surface area contributed by atoms with E-state index in [1.165, 1.54) is 0 Å². The molecule has 4 aromatic carbocycles. The van der Waals surface area contributed by atoms with Gasteiger partial charge in [-0.25, -0.2) is 4.79 Å². The van der Waals surface area contributed by atoms with Gasteiger partial charge in [0.25, 0.3) is 5.91 Å². The molecule has 0 spiro atoms. The van der Waals surface area contributed by atoms with E-state index in [-0.39, 0.29) is 44.2 Å². The van der Waals surface area contributed by atoms with Crippen LogP contribution in [0.3, 0.4) is 0 Å². The van der Waals surface area contributed by atoms with Crippen LogP contribution in [0.4, 0.5) is 0 Å². The van der Waals surface area contributed by atoms with Crippen LogP contribution in [0.25, 0.3) is 0 Å². The summed E-state index contributed by atoms with van der Waals surface area (Å²) < 4.78 is 11.6. The third-order valence-electron chi connectivity index (χ3n) is 7.58. The van der Waals surface area contributed by atoms with Crippen molar-refractivity contribution in [2.45, 2.75) is 38.0 Å². The van der Waals surface area contributed by atoms with Gasteiger partial charge in [0.05, 0.1) is 6.42 Å². The van der Waals surface area contributed by atoms with Crippen LogP contribution in [-0.2, 0) is 29.2 Å². The number of amides is 2. The molecule has 8 nitrogen and oxygen atoms in total. The highest BCUT2D eigenvalue weighted by Gasteiger charge is 2.43. The van der Waals surface area contributed by atoms with Crippen molar-refractivity contribution in [2.75, 3.05) is 13.1 Å². The van der Waals surface area contributed by atoms with E-state index in [0.29, 0.717) is 30.3 Å². The topological polar surface area (TPSA) is 105 Å². The summed E-state index contributed by atoms with van der Waals surface area (Å²) in [5, 5.41) is 12.8.